The van der Waals surface area contributed by atoms with Gasteiger partial charge in [-0.3, -0.25) is 14.4 Å². The molecule has 0 spiro atoms. The highest BCUT2D eigenvalue weighted by molar-refractivity contribution is 5.85. The number of benzene rings is 2. The van der Waals surface area contributed by atoms with E-state index in [0.29, 0.717) is 36.7 Å². The Bertz CT molecular complexity index is 1320. The topological polar surface area (TPSA) is 129 Å². The summed E-state index contributed by atoms with van der Waals surface area (Å²) in [4.78, 5) is 46.3. The number of aliphatic hydroxyl groups is 2. The molecule has 56 heavy (non-hydrogen) atoms. The molecule has 0 aliphatic heterocycles. The van der Waals surface area contributed by atoms with E-state index in [4.69, 9.17) is 5.11 Å². The maximum absolute atomic E-state index is 12.4. The third-order valence-corrected chi connectivity index (χ3v) is 12.3. The van der Waals surface area contributed by atoms with Crippen LogP contribution < -0.4 is 0 Å². The summed E-state index contributed by atoms with van der Waals surface area (Å²) in [6, 6.07) is 16.6. The minimum Gasteiger partial charge on any atom is -0.481 e. The molecule has 0 aromatic heterocycles. The maximum Gasteiger partial charge on any atom is 0.303 e. The molecule has 4 rings (SSSR count). The first-order valence-corrected chi connectivity index (χ1v) is 22.4. The summed E-state index contributed by atoms with van der Waals surface area (Å²) in [5, 5.41) is 29.4. The zero-order valence-corrected chi connectivity index (χ0v) is 35.0. The first kappa shape index (κ1) is 47.2. The lowest BCUT2D eigenvalue weighted by Gasteiger charge is -2.20. The molecule has 6 atom stereocenters. The molecule has 2 fully saturated rings. The van der Waals surface area contributed by atoms with Gasteiger partial charge in [-0.25, -0.2) is 0 Å². The summed E-state index contributed by atoms with van der Waals surface area (Å²) < 4.78 is 0. The fourth-order valence-electron chi connectivity index (χ4n) is 8.86. The quantitative estimate of drug-likeness (QED) is 0.0811. The second-order valence-electron chi connectivity index (χ2n) is 16.8. The highest BCUT2D eigenvalue weighted by Crippen LogP contribution is 2.42. The Morgan fingerprint density at radius 2 is 0.964 bits per heavy atom. The van der Waals surface area contributed by atoms with Gasteiger partial charge in [-0.2, -0.15) is 0 Å². The smallest absolute Gasteiger partial charge is 0.303 e. The molecule has 2 saturated carbocycles. The SMILES string of the molecule is CCCCC[C@@H](O)c1ccc([C@H]2CCC(=O)[C@@H]2CCCCCCC(=O)O)cc1.CCCCC[C@H](O)c1ccc([C@H]2CCC(=O)[C@@H]2CCCCCCC(C)=O)cc1. The fourth-order valence-corrected chi connectivity index (χ4v) is 8.86. The average molecular weight is 775 g/mol. The predicted molar refractivity (Wildman–Crippen MR) is 226 cm³/mol. The molecular formula is C49H74O7. The lowest BCUT2D eigenvalue weighted by molar-refractivity contribution is -0.137. The Morgan fingerprint density at radius 3 is 1.34 bits per heavy atom. The zero-order chi connectivity index (χ0) is 40.7. The van der Waals surface area contributed by atoms with Crippen molar-refractivity contribution < 1.29 is 34.5 Å². The van der Waals surface area contributed by atoms with Gasteiger partial charge in [0.15, 0.2) is 0 Å². The highest BCUT2D eigenvalue weighted by Gasteiger charge is 2.36. The Kier molecular flexibility index (Phi) is 22.5. The Balaban J connectivity index is 0.000000300. The normalized spacial score (nSPS) is 20.4. The largest absolute Gasteiger partial charge is 0.481 e. The number of rotatable bonds is 26. The molecule has 2 aromatic rings. The number of ketones is 3. The van der Waals surface area contributed by atoms with Crippen LogP contribution in [0.15, 0.2) is 48.5 Å². The number of aliphatic hydroxyl groups excluding tert-OH is 2. The number of Topliss-reactive ketones (excluding diaryl/α,β-unsaturated/α-hetero) is 3. The van der Waals surface area contributed by atoms with Crippen molar-refractivity contribution >= 4 is 23.3 Å². The van der Waals surface area contributed by atoms with Gasteiger partial charge in [0, 0.05) is 37.5 Å². The zero-order valence-electron chi connectivity index (χ0n) is 35.0. The van der Waals surface area contributed by atoms with Gasteiger partial charge in [0.25, 0.3) is 0 Å². The Hall–Kier alpha value is -3.16. The first-order valence-electron chi connectivity index (χ1n) is 22.4. The molecule has 0 saturated heterocycles. The van der Waals surface area contributed by atoms with Crippen LogP contribution in [0.1, 0.15) is 221 Å². The minimum atomic E-state index is -0.732. The molecule has 0 amide bonds. The van der Waals surface area contributed by atoms with Gasteiger partial charge in [-0.15, -0.1) is 0 Å². The molecule has 2 aliphatic carbocycles. The van der Waals surface area contributed by atoms with Crippen molar-refractivity contribution in [2.45, 2.75) is 199 Å². The van der Waals surface area contributed by atoms with Gasteiger partial charge in [-0.1, -0.05) is 139 Å². The van der Waals surface area contributed by atoms with Crippen LogP contribution in [0.25, 0.3) is 0 Å². The maximum atomic E-state index is 12.4. The predicted octanol–water partition coefficient (Wildman–Crippen LogP) is 12.1. The molecule has 2 aromatic carbocycles. The van der Waals surface area contributed by atoms with Gasteiger partial charge < -0.3 is 20.1 Å². The van der Waals surface area contributed by atoms with Crippen molar-refractivity contribution in [2.24, 2.45) is 11.8 Å². The van der Waals surface area contributed by atoms with Gasteiger partial charge >= 0.3 is 5.97 Å². The van der Waals surface area contributed by atoms with Crippen molar-refractivity contribution in [2.75, 3.05) is 0 Å². The van der Waals surface area contributed by atoms with Crippen LogP contribution in [0, 0.1) is 11.8 Å². The summed E-state index contributed by atoms with van der Waals surface area (Å²) in [5.74, 6) is 1.19. The third kappa shape index (κ3) is 16.7. The summed E-state index contributed by atoms with van der Waals surface area (Å²) in [6.45, 7) is 5.99. The van der Waals surface area contributed by atoms with Gasteiger partial charge in [0.05, 0.1) is 12.2 Å². The third-order valence-electron chi connectivity index (χ3n) is 12.3. The summed E-state index contributed by atoms with van der Waals surface area (Å²) in [5.41, 5.74) is 4.42. The molecule has 312 valence electrons. The second-order valence-corrected chi connectivity index (χ2v) is 16.8. The number of unbranched alkanes of at least 4 members (excludes halogenated alkanes) is 10. The molecule has 3 N–H and O–H groups in total. The van der Waals surface area contributed by atoms with Crippen molar-refractivity contribution in [3.05, 3.63) is 70.8 Å². The Morgan fingerprint density at radius 1 is 0.571 bits per heavy atom. The first-order chi connectivity index (χ1) is 27.0. The summed E-state index contributed by atoms with van der Waals surface area (Å²) in [6.07, 6.45) is 21.4. The van der Waals surface area contributed by atoms with E-state index >= 15 is 0 Å². The standard InChI is InChI=1S/C25H38O3.C24H36O4/c1-3-4-7-12-24(27)21-15-13-20(14-16-21)22-17-18-25(28)23(22)11-9-6-5-8-10-19(2)26;1-2-3-6-10-22(25)19-14-12-18(13-15-19)20-16-17-23(26)21(20)9-7-4-5-8-11-24(27)28/h13-16,22-24,27H,3-12,17-18H2,1-2H3;12-15,20-22,25H,2-11,16-17H2,1H3,(H,27,28)/t22-,23-,24+;20-,21-,22-/m11/s1. The highest BCUT2D eigenvalue weighted by atomic mass is 16.4. The van der Waals surface area contributed by atoms with Crippen LogP contribution in [-0.4, -0.2) is 38.6 Å². The van der Waals surface area contributed by atoms with Crippen molar-refractivity contribution in [3.8, 4) is 0 Å². The monoisotopic (exact) mass is 775 g/mol. The summed E-state index contributed by atoms with van der Waals surface area (Å²) in [7, 11) is 0. The van der Waals surface area contributed by atoms with E-state index in [9.17, 15) is 29.4 Å². The van der Waals surface area contributed by atoms with Crippen molar-refractivity contribution in [1.82, 2.24) is 0 Å². The number of hydrogen-bond donors (Lipinski definition) is 3. The van der Waals surface area contributed by atoms with E-state index in [2.05, 4.69) is 38.1 Å². The summed E-state index contributed by atoms with van der Waals surface area (Å²) >= 11 is 0. The number of aliphatic carboxylic acids is 1. The van der Waals surface area contributed by atoms with Crippen LogP contribution in [0.4, 0.5) is 0 Å². The van der Waals surface area contributed by atoms with E-state index < -0.39 is 12.1 Å². The number of carbonyl (C=O) groups is 4. The van der Waals surface area contributed by atoms with Crippen molar-refractivity contribution in [1.29, 1.82) is 0 Å². The second kappa shape index (κ2) is 26.7. The fraction of sp³-hybridized carbons (Fsp3) is 0.673. The van der Waals surface area contributed by atoms with Crippen LogP contribution >= 0.6 is 0 Å². The number of carboxylic acid groups (broad SMARTS) is 1. The minimum absolute atomic E-state index is 0.0970. The number of carbonyl (C=O) groups excluding carboxylic acids is 3. The number of hydrogen-bond acceptors (Lipinski definition) is 6. The lowest BCUT2D eigenvalue weighted by atomic mass is 9.84. The van der Waals surface area contributed by atoms with E-state index in [0.717, 1.165) is 133 Å². The Labute approximate surface area is 338 Å². The molecular weight excluding hydrogens is 701 g/mol. The molecule has 0 unspecified atom stereocenters. The number of carboxylic acids is 1. The van der Waals surface area contributed by atoms with Crippen molar-refractivity contribution in [3.63, 3.8) is 0 Å². The molecule has 7 nitrogen and oxygen atoms in total. The van der Waals surface area contributed by atoms with Gasteiger partial charge in [0.1, 0.15) is 17.3 Å². The molecule has 0 radical (unpaired) electrons. The van der Waals surface area contributed by atoms with Crippen LogP contribution in [0.5, 0.6) is 0 Å². The van der Waals surface area contributed by atoms with E-state index in [-0.39, 0.29) is 36.1 Å². The average Bonchev–Trinajstić information content (AvgIpc) is 3.75. The van der Waals surface area contributed by atoms with Crippen LogP contribution in [0.3, 0.4) is 0 Å². The van der Waals surface area contributed by atoms with E-state index in [1.165, 1.54) is 17.5 Å². The molecule has 0 heterocycles. The van der Waals surface area contributed by atoms with E-state index in [1.54, 1.807) is 6.92 Å². The van der Waals surface area contributed by atoms with Crippen LogP contribution in [0.2, 0.25) is 0 Å². The van der Waals surface area contributed by atoms with Gasteiger partial charge in [-0.05, 0) is 92.4 Å². The van der Waals surface area contributed by atoms with Crippen LogP contribution in [-0.2, 0) is 19.2 Å². The molecule has 0 bridgehead atoms. The molecule has 2 aliphatic rings. The lowest BCUT2D eigenvalue weighted by Crippen LogP contribution is -2.13. The van der Waals surface area contributed by atoms with Gasteiger partial charge in [0.2, 0.25) is 0 Å². The van der Waals surface area contributed by atoms with E-state index in [1.807, 2.05) is 24.3 Å². The molecule has 7 heteroatoms.